The van der Waals surface area contributed by atoms with Gasteiger partial charge < -0.3 is 14.2 Å². The first-order chi connectivity index (χ1) is 16.8. The maximum Gasteiger partial charge on any atom is 0.338 e. The van der Waals surface area contributed by atoms with Crippen molar-refractivity contribution in [2.24, 2.45) is 4.99 Å². The first kappa shape index (κ1) is 24.4. The van der Waals surface area contributed by atoms with Gasteiger partial charge in [-0.25, -0.2) is 14.6 Å². The molecule has 1 aromatic heterocycles. The fourth-order valence-electron chi connectivity index (χ4n) is 3.89. The Balaban J connectivity index is 1.94. The van der Waals surface area contributed by atoms with Crippen molar-refractivity contribution >= 4 is 41.0 Å². The minimum Gasteiger partial charge on any atom is -0.496 e. The molecule has 1 aliphatic heterocycles. The van der Waals surface area contributed by atoms with Crippen molar-refractivity contribution in [1.29, 1.82) is 0 Å². The van der Waals surface area contributed by atoms with Crippen molar-refractivity contribution in [3.63, 3.8) is 0 Å². The van der Waals surface area contributed by atoms with Crippen LogP contribution in [-0.2, 0) is 14.3 Å². The van der Waals surface area contributed by atoms with E-state index in [0.29, 0.717) is 42.5 Å². The van der Waals surface area contributed by atoms with Crippen molar-refractivity contribution < 1.29 is 23.8 Å². The first-order valence-electron chi connectivity index (χ1n) is 10.4. The summed E-state index contributed by atoms with van der Waals surface area (Å²) in [5.41, 5.74) is 1.95. The Morgan fingerprint density at radius 2 is 1.74 bits per heavy atom. The Morgan fingerprint density at radius 1 is 1.06 bits per heavy atom. The van der Waals surface area contributed by atoms with Crippen molar-refractivity contribution in [1.82, 2.24) is 4.57 Å². The molecule has 2 aromatic carbocycles. The van der Waals surface area contributed by atoms with E-state index < -0.39 is 18.0 Å². The SMILES string of the molecule is COC(=O)C1=C(C)N=c2s/c(=C\c3ccc(C(=O)OC)cc3)c(=O)n2[C@H]1c1cc(Cl)ccc1OC. The Hall–Kier alpha value is -3.69. The van der Waals surface area contributed by atoms with Crippen LogP contribution in [0.25, 0.3) is 6.08 Å². The zero-order valence-electron chi connectivity index (χ0n) is 19.3. The van der Waals surface area contributed by atoms with Gasteiger partial charge in [0, 0.05) is 10.6 Å². The minimum atomic E-state index is -0.851. The molecule has 0 bridgehead atoms. The molecule has 2 heterocycles. The van der Waals surface area contributed by atoms with Gasteiger partial charge in [-0.05, 0) is 48.9 Å². The number of fused-ring (bicyclic) bond motifs is 1. The number of esters is 2. The second-order valence-electron chi connectivity index (χ2n) is 7.57. The maximum absolute atomic E-state index is 13.6. The molecular weight excluding hydrogens is 492 g/mol. The van der Waals surface area contributed by atoms with E-state index in [1.54, 1.807) is 55.5 Å². The predicted octanol–water partition coefficient (Wildman–Crippen LogP) is 2.86. The molecule has 180 valence electrons. The number of carbonyl (C=O) groups excluding carboxylic acids is 2. The summed E-state index contributed by atoms with van der Waals surface area (Å²) in [6.45, 7) is 1.69. The highest BCUT2D eigenvalue weighted by atomic mass is 35.5. The monoisotopic (exact) mass is 512 g/mol. The third-order valence-corrected chi connectivity index (χ3v) is 6.76. The Kier molecular flexibility index (Phi) is 6.90. The number of allylic oxidation sites excluding steroid dienone is 1. The standard InChI is InChI=1S/C25H21ClN2O6S/c1-13-20(24(31)34-4)21(17-12-16(26)9-10-18(17)32-2)28-22(29)19(35-25(28)27-13)11-14-5-7-15(8-6-14)23(30)33-3/h5-12,21H,1-4H3/b19-11-/t21-/m0/s1. The summed E-state index contributed by atoms with van der Waals surface area (Å²) in [6.07, 6.45) is 1.70. The van der Waals surface area contributed by atoms with Crippen LogP contribution in [0.2, 0.25) is 5.02 Å². The largest absolute Gasteiger partial charge is 0.496 e. The van der Waals surface area contributed by atoms with Gasteiger partial charge in [0.2, 0.25) is 0 Å². The summed E-state index contributed by atoms with van der Waals surface area (Å²) in [5, 5.41) is 0.424. The van der Waals surface area contributed by atoms with Gasteiger partial charge >= 0.3 is 11.9 Å². The van der Waals surface area contributed by atoms with E-state index in [9.17, 15) is 14.4 Å². The van der Waals surface area contributed by atoms with Crippen LogP contribution in [0.4, 0.5) is 0 Å². The molecule has 0 spiro atoms. The molecule has 0 fully saturated rings. The molecule has 8 nitrogen and oxygen atoms in total. The van der Waals surface area contributed by atoms with Crippen LogP contribution in [0, 0.1) is 0 Å². The highest BCUT2D eigenvalue weighted by molar-refractivity contribution is 7.07. The van der Waals surface area contributed by atoms with Crippen LogP contribution < -0.4 is 19.6 Å². The third kappa shape index (κ3) is 4.52. The number of nitrogens with zero attached hydrogens (tertiary/aromatic N) is 2. The molecule has 0 saturated carbocycles. The van der Waals surface area contributed by atoms with Gasteiger partial charge in [0.1, 0.15) is 11.8 Å². The van der Waals surface area contributed by atoms with E-state index >= 15 is 0 Å². The Morgan fingerprint density at radius 3 is 2.37 bits per heavy atom. The normalized spacial score (nSPS) is 15.3. The lowest BCUT2D eigenvalue weighted by Crippen LogP contribution is -2.40. The van der Waals surface area contributed by atoms with Crippen LogP contribution in [0.1, 0.15) is 34.5 Å². The summed E-state index contributed by atoms with van der Waals surface area (Å²) in [5.74, 6) is -0.591. The molecule has 0 saturated heterocycles. The van der Waals surface area contributed by atoms with Gasteiger partial charge in [-0.2, -0.15) is 0 Å². The Bertz CT molecular complexity index is 1540. The van der Waals surface area contributed by atoms with Crippen LogP contribution in [-0.4, -0.2) is 37.8 Å². The molecule has 4 rings (SSSR count). The number of halogens is 1. The van der Waals surface area contributed by atoms with Crippen molar-refractivity contribution in [2.75, 3.05) is 21.3 Å². The zero-order chi connectivity index (χ0) is 25.3. The van der Waals surface area contributed by atoms with Crippen LogP contribution >= 0.6 is 22.9 Å². The van der Waals surface area contributed by atoms with Crippen molar-refractivity contribution in [3.05, 3.63) is 95.1 Å². The summed E-state index contributed by atoms with van der Waals surface area (Å²) >= 11 is 7.47. The molecule has 0 amide bonds. The molecule has 0 radical (unpaired) electrons. The van der Waals surface area contributed by atoms with Gasteiger partial charge in [0.25, 0.3) is 5.56 Å². The molecule has 0 aliphatic carbocycles. The molecule has 0 N–H and O–H groups in total. The van der Waals surface area contributed by atoms with Crippen LogP contribution in [0.3, 0.4) is 0 Å². The molecule has 0 unspecified atom stereocenters. The number of hydrogen-bond acceptors (Lipinski definition) is 8. The van der Waals surface area contributed by atoms with Crippen molar-refractivity contribution in [3.8, 4) is 5.75 Å². The van der Waals surface area contributed by atoms with Crippen LogP contribution in [0.5, 0.6) is 5.75 Å². The topological polar surface area (TPSA) is 96.2 Å². The average Bonchev–Trinajstić information content (AvgIpc) is 3.16. The number of rotatable bonds is 5. The van der Waals surface area contributed by atoms with E-state index in [0.717, 1.165) is 0 Å². The second kappa shape index (κ2) is 9.89. The fourth-order valence-corrected chi connectivity index (χ4v) is 5.12. The van der Waals surface area contributed by atoms with E-state index in [1.807, 2.05) is 0 Å². The lowest BCUT2D eigenvalue weighted by atomic mass is 9.95. The summed E-state index contributed by atoms with van der Waals surface area (Å²) in [7, 11) is 4.09. The highest BCUT2D eigenvalue weighted by Crippen LogP contribution is 2.37. The lowest BCUT2D eigenvalue weighted by molar-refractivity contribution is -0.136. The number of hydrogen-bond donors (Lipinski definition) is 0. The number of thiazole rings is 1. The second-order valence-corrected chi connectivity index (χ2v) is 9.02. The predicted molar refractivity (Wildman–Crippen MR) is 132 cm³/mol. The third-order valence-electron chi connectivity index (χ3n) is 5.54. The molecular formula is C25H21ClN2O6S. The smallest absolute Gasteiger partial charge is 0.338 e. The molecule has 10 heteroatoms. The average molecular weight is 513 g/mol. The van der Waals surface area contributed by atoms with E-state index in [-0.39, 0.29) is 11.1 Å². The molecule has 3 aromatic rings. The number of carbonyl (C=O) groups is 2. The number of methoxy groups -OCH3 is 3. The molecule has 35 heavy (non-hydrogen) atoms. The van der Waals surface area contributed by atoms with E-state index in [2.05, 4.69) is 4.99 Å². The quantitative estimate of drug-likeness (QED) is 0.488. The minimum absolute atomic E-state index is 0.217. The van der Waals surface area contributed by atoms with Gasteiger partial charge in [0.05, 0.1) is 42.7 Å². The Labute approximate surface area is 209 Å². The van der Waals surface area contributed by atoms with Gasteiger partial charge in [-0.3, -0.25) is 9.36 Å². The van der Waals surface area contributed by atoms with E-state index in [1.165, 1.54) is 37.2 Å². The summed E-state index contributed by atoms with van der Waals surface area (Å²) in [6, 6.07) is 10.8. The first-order valence-corrected chi connectivity index (χ1v) is 11.6. The highest BCUT2D eigenvalue weighted by Gasteiger charge is 2.35. The van der Waals surface area contributed by atoms with Gasteiger partial charge in [-0.15, -0.1) is 0 Å². The maximum atomic E-state index is 13.6. The molecule has 1 atom stereocenters. The molecule has 1 aliphatic rings. The van der Waals surface area contributed by atoms with Crippen molar-refractivity contribution in [2.45, 2.75) is 13.0 Å². The van der Waals surface area contributed by atoms with Crippen LogP contribution in [0.15, 0.2) is 63.5 Å². The number of ether oxygens (including phenoxy) is 3. The number of benzene rings is 2. The summed E-state index contributed by atoms with van der Waals surface area (Å²) in [4.78, 5) is 43.1. The fraction of sp³-hybridized carbons (Fsp3) is 0.200. The lowest BCUT2D eigenvalue weighted by Gasteiger charge is -2.25. The zero-order valence-corrected chi connectivity index (χ0v) is 20.9. The number of aromatic nitrogens is 1. The summed E-state index contributed by atoms with van der Waals surface area (Å²) < 4.78 is 17.1. The van der Waals surface area contributed by atoms with E-state index in [4.69, 9.17) is 25.8 Å². The van der Waals surface area contributed by atoms with Gasteiger partial charge in [-0.1, -0.05) is 35.1 Å². The van der Waals surface area contributed by atoms with Gasteiger partial charge in [0.15, 0.2) is 4.80 Å².